The third-order valence-corrected chi connectivity index (χ3v) is 4.58. The molecule has 130 valence electrons. The van der Waals surface area contributed by atoms with Gasteiger partial charge in [-0.1, -0.05) is 0 Å². The van der Waals surface area contributed by atoms with E-state index in [0.717, 1.165) is 25.1 Å². The van der Waals surface area contributed by atoms with E-state index in [0.29, 0.717) is 6.54 Å². The lowest BCUT2D eigenvalue weighted by Crippen LogP contribution is -2.32. The molecule has 9 heteroatoms. The fourth-order valence-electron chi connectivity index (χ4n) is 2.56. The van der Waals surface area contributed by atoms with E-state index in [2.05, 4.69) is 5.32 Å². The molecule has 23 heavy (non-hydrogen) atoms. The summed E-state index contributed by atoms with van der Waals surface area (Å²) >= 11 is 0. The Labute approximate surface area is 133 Å². The van der Waals surface area contributed by atoms with Gasteiger partial charge in [0.15, 0.2) is 0 Å². The summed E-state index contributed by atoms with van der Waals surface area (Å²) in [7, 11) is -3.62. The highest BCUT2D eigenvalue weighted by atomic mass is 32.2. The van der Waals surface area contributed by atoms with E-state index in [1.165, 1.54) is 12.1 Å². The van der Waals surface area contributed by atoms with Crippen molar-refractivity contribution in [3.8, 4) is 5.75 Å². The van der Waals surface area contributed by atoms with Crippen molar-refractivity contribution in [3.63, 3.8) is 0 Å². The van der Waals surface area contributed by atoms with Crippen LogP contribution in [0, 0.1) is 5.92 Å². The molecule has 1 aliphatic heterocycles. The van der Waals surface area contributed by atoms with Gasteiger partial charge in [-0.3, -0.25) is 0 Å². The number of sulfonamides is 1. The number of alkyl halides is 3. The average molecular weight is 352 g/mol. The van der Waals surface area contributed by atoms with Crippen LogP contribution in [0.5, 0.6) is 5.75 Å². The zero-order valence-electron chi connectivity index (χ0n) is 12.3. The molecule has 1 aliphatic rings. The summed E-state index contributed by atoms with van der Waals surface area (Å²) in [4.78, 5) is 0. The number of nitrogens with two attached hydrogens (primary N) is 1. The summed E-state index contributed by atoms with van der Waals surface area (Å²) in [5, 5.41) is 8.17. The Balaban J connectivity index is 2.07. The monoisotopic (exact) mass is 352 g/mol. The maximum absolute atomic E-state index is 12.6. The number of benzene rings is 1. The van der Waals surface area contributed by atoms with Gasteiger partial charge in [-0.05, 0) is 43.7 Å². The summed E-state index contributed by atoms with van der Waals surface area (Å²) in [5.74, 6) is 0.151. The second-order valence-corrected chi connectivity index (χ2v) is 7.32. The average Bonchev–Trinajstić information content (AvgIpc) is 2.96. The quantitative estimate of drug-likeness (QED) is 0.817. The summed E-state index contributed by atoms with van der Waals surface area (Å²) in [5.41, 5.74) is -0.756. The van der Waals surface area contributed by atoms with E-state index in [1.54, 1.807) is 0 Å². The first-order chi connectivity index (χ1) is 10.6. The Morgan fingerprint density at radius 2 is 1.96 bits per heavy atom. The SMILES string of the molecule is NS(=O)(=O)CC[C@H](Oc1ccc(C(F)(F)F)cc1)[C@@H]1CCNC1. The highest BCUT2D eigenvalue weighted by Crippen LogP contribution is 2.31. The molecule has 1 fully saturated rings. The Kier molecular flexibility index (Phi) is 5.53. The molecule has 1 aromatic rings. The largest absolute Gasteiger partial charge is 0.490 e. The number of ether oxygens (including phenoxy) is 1. The highest BCUT2D eigenvalue weighted by Gasteiger charge is 2.31. The minimum atomic E-state index is -4.40. The normalized spacial score (nSPS) is 20.4. The van der Waals surface area contributed by atoms with Gasteiger partial charge in [0.1, 0.15) is 11.9 Å². The number of hydrogen-bond acceptors (Lipinski definition) is 4. The van der Waals surface area contributed by atoms with Crippen LogP contribution in [-0.4, -0.2) is 33.4 Å². The predicted octanol–water partition coefficient (Wildman–Crippen LogP) is 1.74. The van der Waals surface area contributed by atoms with E-state index in [9.17, 15) is 21.6 Å². The Hall–Kier alpha value is -1.32. The maximum atomic E-state index is 12.6. The zero-order chi connectivity index (χ0) is 17.1. The second-order valence-electron chi connectivity index (χ2n) is 5.59. The van der Waals surface area contributed by atoms with Crippen LogP contribution >= 0.6 is 0 Å². The second kappa shape index (κ2) is 7.06. The lowest BCUT2D eigenvalue weighted by Gasteiger charge is -2.24. The number of primary sulfonamides is 1. The highest BCUT2D eigenvalue weighted by molar-refractivity contribution is 7.89. The maximum Gasteiger partial charge on any atom is 0.416 e. The minimum Gasteiger partial charge on any atom is -0.490 e. The van der Waals surface area contributed by atoms with Crippen LogP contribution in [0.25, 0.3) is 0 Å². The van der Waals surface area contributed by atoms with Crippen molar-refractivity contribution in [3.05, 3.63) is 29.8 Å². The number of rotatable bonds is 6. The lowest BCUT2D eigenvalue weighted by atomic mass is 9.99. The van der Waals surface area contributed by atoms with Gasteiger partial charge in [-0.2, -0.15) is 13.2 Å². The van der Waals surface area contributed by atoms with Crippen molar-refractivity contribution in [2.45, 2.75) is 25.1 Å². The standard InChI is InChI=1S/C14H19F3N2O3S/c15-14(16,17)11-1-3-12(4-2-11)22-13(6-8-23(18,20)21)10-5-7-19-9-10/h1-4,10,13,19H,5-9H2,(H2,18,20,21)/t10-,13+/m1/s1. The van der Waals surface area contributed by atoms with Gasteiger partial charge >= 0.3 is 6.18 Å². The molecule has 0 bridgehead atoms. The van der Waals surface area contributed by atoms with Crippen molar-refractivity contribution >= 4 is 10.0 Å². The van der Waals surface area contributed by atoms with E-state index >= 15 is 0 Å². The molecular formula is C14H19F3N2O3S. The number of halogens is 3. The predicted molar refractivity (Wildman–Crippen MR) is 79.4 cm³/mol. The topological polar surface area (TPSA) is 81.4 Å². The Morgan fingerprint density at radius 1 is 1.30 bits per heavy atom. The van der Waals surface area contributed by atoms with Gasteiger partial charge in [-0.15, -0.1) is 0 Å². The van der Waals surface area contributed by atoms with Crippen molar-refractivity contribution in [1.82, 2.24) is 5.32 Å². The van der Waals surface area contributed by atoms with E-state index < -0.39 is 27.9 Å². The van der Waals surface area contributed by atoms with Crippen molar-refractivity contribution in [2.24, 2.45) is 11.1 Å². The Bertz CT molecular complexity index is 611. The smallest absolute Gasteiger partial charge is 0.416 e. The fraction of sp³-hybridized carbons (Fsp3) is 0.571. The van der Waals surface area contributed by atoms with Crippen LogP contribution in [0.15, 0.2) is 24.3 Å². The van der Waals surface area contributed by atoms with Crippen molar-refractivity contribution < 1.29 is 26.3 Å². The van der Waals surface area contributed by atoms with Gasteiger partial charge < -0.3 is 10.1 Å². The molecular weight excluding hydrogens is 333 g/mol. The molecule has 0 amide bonds. The van der Waals surface area contributed by atoms with Gasteiger partial charge in [-0.25, -0.2) is 13.6 Å². The van der Waals surface area contributed by atoms with E-state index in [1.807, 2.05) is 0 Å². The molecule has 0 spiro atoms. The van der Waals surface area contributed by atoms with Crippen molar-refractivity contribution in [1.29, 1.82) is 0 Å². The lowest BCUT2D eigenvalue weighted by molar-refractivity contribution is -0.137. The molecule has 1 aromatic carbocycles. The summed E-state index contributed by atoms with van der Waals surface area (Å²) in [6.45, 7) is 1.48. The molecule has 0 radical (unpaired) electrons. The number of hydrogen-bond donors (Lipinski definition) is 2. The van der Waals surface area contributed by atoms with Gasteiger partial charge in [0.05, 0.1) is 11.3 Å². The first kappa shape index (κ1) is 18.0. The molecule has 1 heterocycles. The zero-order valence-corrected chi connectivity index (χ0v) is 13.2. The van der Waals surface area contributed by atoms with E-state index in [4.69, 9.17) is 9.88 Å². The van der Waals surface area contributed by atoms with E-state index in [-0.39, 0.29) is 23.8 Å². The van der Waals surface area contributed by atoms with Crippen LogP contribution < -0.4 is 15.2 Å². The molecule has 0 saturated carbocycles. The third-order valence-electron chi connectivity index (χ3n) is 3.78. The van der Waals surface area contributed by atoms with Gasteiger partial charge in [0.25, 0.3) is 0 Å². The minimum absolute atomic E-state index is 0.0963. The molecule has 1 saturated heterocycles. The van der Waals surface area contributed by atoms with Crippen LogP contribution in [0.1, 0.15) is 18.4 Å². The first-order valence-corrected chi connectivity index (χ1v) is 8.92. The molecule has 2 rings (SSSR count). The Morgan fingerprint density at radius 3 is 2.43 bits per heavy atom. The first-order valence-electron chi connectivity index (χ1n) is 7.20. The van der Waals surface area contributed by atoms with Crippen LogP contribution in [0.3, 0.4) is 0 Å². The van der Waals surface area contributed by atoms with Crippen molar-refractivity contribution in [2.75, 3.05) is 18.8 Å². The molecule has 2 atom stereocenters. The van der Waals surface area contributed by atoms with Crippen LogP contribution in [-0.2, 0) is 16.2 Å². The fourth-order valence-corrected chi connectivity index (χ4v) is 3.12. The van der Waals surface area contributed by atoms with Gasteiger partial charge in [0.2, 0.25) is 10.0 Å². The molecule has 3 N–H and O–H groups in total. The summed E-state index contributed by atoms with van der Waals surface area (Å²) in [6, 6.07) is 4.38. The van der Waals surface area contributed by atoms with Crippen LogP contribution in [0.4, 0.5) is 13.2 Å². The molecule has 0 unspecified atom stereocenters. The summed E-state index contributed by atoms with van der Waals surface area (Å²) in [6.07, 6.45) is -3.80. The molecule has 0 aromatic heterocycles. The number of nitrogens with one attached hydrogen (secondary N) is 1. The molecule has 5 nitrogen and oxygen atoms in total. The third kappa shape index (κ3) is 5.67. The van der Waals surface area contributed by atoms with Crippen LogP contribution in [0.2, 0.25) is 0 Å². The van der Waals surface area contributed by atoms with Gasteiger partial charge in [0, 0.05) is 12.5 Å². The molecule has 0 aliphatic carbocycles. The summed E-state index contributed by atoms with van der Waals surface area (Å²) < 4.78 is 65.7.